The number of methoxy groups -OCH3 is 1. The van der Waals surface area contributed by atoms with Crippen LogP contribution in [0.15, 0.2) is 36.4 Å². The Morgan fingerprint density at radius 3 is 2.28 bits per heavy atom. The van der Waals surface area contributed by atoms with Crippen LogP contribution in [0.1, 0.15) is 42.1 Å². The summed E-state index contributed by atoms with van der Waals surface area (Å²) in [6, 6.07) is 10.8. The van der Waals surface area contributed by atoms with E-state index >= 15 is 0 Å². The van der Waals surface area contributed by atoms with E-state index < -0.39 is 0 Å². The Labute approximate surface area is 263 Å². The first kappa shape index (κ1) is 31.4. The smallest absolute Gasteiger partial charge is 0.414 e. The Morgan fingerprint density at radius 2 is 1.65 bits per heavy atom. The van der Waals surface area contributed by atoms with Crippen LogP contribution in [-0.4, -0.2) is 98.2 Å². The second kappa shape index (κ2) is 13.7. The number of likely N-dealkylation sites (tertiary alicyclic amines) is 3. The largest absolute Gasteiger partial charge is 0.496 e. The van der Waals surface area contributed by atoms with Gasteiger partial charge in [-0.25, -0.2) is 4.79 Å². The molecule has 2 atom stereocenters. The molecule has 0 saturated carbocycles. The van der Waals surface area contributed by atoms with Crippen LogP contribution in [0.3, 0.4) is 0 Å². The Hall–Kier alpha value is -3.01. The van der Waals surface area contributed by atoms with Crippen LogP contribution in [0, 0.1) is 18.8 Å². The minimum absolute atomic E-state index is 0.0434. The molecule has 5 rings (SSSR count). The van der Waals surface area contributed by atoms with Crippen LogP contribution >= 0.6 is 23.2 Å². The Bertz CT molecular complexity index is 1340. The summed E-state index contributed by atoms with van der Waals surface area (Å²) in [5.41, 5.74) is 2.16. The third-order valence-electron chi connectivity index (χ3n) is 8.94. The summed E-state index contributed by atoms with van der Waals surface area (Å²) in [7, 11) is 1.56. The van der Waals surface area contributed by atoms with Gasteiger partial charge in [-0.15, -0.1) is 0 Å². The average Bonchev–Trinajstić information content (AvgIpc) is 3.56. The summed E-state index contributed by atoms with van der Waals surface area (Å²) in [6.45, 7) is 9.26. The van der Waals surface area contributed by atoms with E-state index in [9.17, 15) is 14.4 Å². The lowest BCUT2D eigenvalue weighted by molar-refractivity contribution is -0.130. The summed E-state index contributed by atoms with van der Waals surface area (Å²) in [6.07, 6.45) is 1.43. The Morgan fingerprint density at radius 1 is 0.953 bits per heavy atom. The highest BCUT2D eigenvalue weighted by molar-refractivity contribution is 6.31. The molecule has 43 heavy (non-hydrogen) atoms. The summed E-state index contributed by atoms with van der Waals surface area (Å²) < 4.78 is 11.3. The van der Waals surface area contributed by atoms with Crippen molar-refractivity contribution in [1.82, 2.24) is 14.7 Å². The SMILES string of the molecule is COc1ccc(Cl)cc1C(=O)N1CC2CN(CCCN(C(=O)OC3CCN(C(C)=O)CC3)c3ccc(C)c(Cl)c3)CC2C1. The van der Waals surface area contributed by atoms with Gasteiger partial charge in [0.2, 0.25) is 5.91 Å². The highest BCUT2D eigenvalue weighted by Crippen LogP contribution is 2.34. The Balaban J connectivity index is 1.15. The van der Waals surface area contributed by atoms with E-state index in [1.165, 1.54) is 0 Å². The van der Waals surface area contributed by atoms with Crippen molar-refractivity contribution in [3.63, 3.8) is 0 Å². The van der Waals surface area contributed by atoms with Gasteiger partial charge in [-0.1, -0.05) is 29.3 Å². The van der Waals surface area contributed by atoms with Gasteiger partial charge in [-0.05, 0) is 67.6 Å². The normalized spacial score (nSPS) is 20.7. The van der Waals surface area contributed by atoms with Gasteiger partial charge in [0, 0.05) is 81.3 Å². The maximum atomic E-state index is 13.4. The zero-order chi connectivity index (χ0) is 30.7. The van der Waals surface area contributed by atoms with Gasteiger partial charge in [0.25, 0.3) is 5.91 Å². The zero-order valence-corrected chi connectivity index (χ0v) is 26.6. The molecular weight excluding hydrogens is 591 g/mol. The van der Waals surface area contributed by atoms with Crippen LogP contribution in [0.25, 0.3) is 0 Å². The molecule has 0 spiro atoms. The fourth-order valence-electron chi connectivity index (χ4n) is 6.48. The highest BCUT2D eigenvalue weighted by Gasteiger charge is 2.42. The zero-order valence-electron chi connectivity index (χ0n) is 25.1. The van der Waals surface area contributed by atoms with Gasteiger partial charge in [0.1, 0.15) is 11.9 Å². The molecule has 3 heterocycles. The van der Waals surface area contributed by atoms with Crippen LogP contribution in [0.2, 0.25) is 10.0 Å². The van der Waals surface area contributed by atoms with Crippen molar-refractivity contribution >= 4 is 46.8 Å². The molecule has 3 aliphatic rings. The van der Waals surface area contributed by atoms with Gasteiger partial charge in [-0.3, -0.25) is 14.5 Å². The molecule has 11 heteroatoms. The molecular formula is C32H40Cl2N4O5. The monoisotopic (exact) mass is 630 g/mol. The average molecular weight is 632 g/mol. The molecule has 2 aromatic rings. The molecule has 2 aromatic carbocycles. The molecule has 3 aliphatic heterocycles. The molecule has 9 nitrogen and oxygen atoms in total. The summed E-state index contributed by atoms with van der Waals surface area (Å²) in [5.74, 6) is 1.36. The number of piperidine rings is 1. The maximum Gasteiger partial charge on any atom is 0.414 e. The number of hydrogen-bond donors (Lipinski definition) is 0. The van der Waals surface area contributed by atoms with E-state index in [4.69, 9.17) is 32.7 Å². The molecule has 3 amide bonds. The van der Waals surface area contributed by atoms with E-state index in [0.717, 1.165) is 31.6 Å². The Kier molecular flexibility index (Phi) is 10.0. The van der Waals surface area contributed by atoms with E-state index in [2.05, 4.69) is 4.90 Å². The van der Waals surface area contributed by atoms with E-state index in [1.54, 1.807) is 42.0 Å². The molecule has 0 N–H and O–H groups in total. The number of anilines is 1. The van der Waals surface area contributed by atoms with Crippen LogP contribution in [-0.2, 0) is 9.53 Å². The van der Waals surface area contributed by atoms with Gasteiger partial charge >= 0.3 is 6.09 Å². The van der Waals surface area contributed by atoms with Gasteiger partial charge < -0.3 is 24.2 Å². The second-order valence-electron chi connectivity index (χ2n) is 11.9. The predicted molar refractivity (Wildman–Crippen MR) is 167 cm³/mol. The number of carbonyl (C=O) groups excluding carboxylic acids is 3. The molecule has 0 aromatic heterocycles. The molecule has 0 aliphatic carbocycles. The molecule has 3 saturated heterocycles. The number of halogens is 2. The number of aryl methyl sites for hydroxylation is 1. The first-order valence-electron chi connectivity index (χ1n) is 15.0. The van der Waals surface area contributed by atoms with E-state index in [1.807, 2.05) is 30.0 Å². The number of rotatable bonds is 8. The number of amides is 3. The molecule has 0 bridgehead atoms. The number of ether oxygens (including phenoxy) is 2. The molecule has 3 fully saturated rings. The number of hydrogen-bond acceptors (Lipinski definition) is 6. The van der Waals surface area contributed by atoms with Crippen LogP contribution in [0.5, 0.6) is 5.75 Å². The number of nitrogens with zero attached hydrogens (tertiary/aromatic N) is 4. The molecule has 2 unspecified atom stereocenters. The van der Waals surface area contributed by atoms with Gasteiger partial charge in [0.15, 0.2) is 0 Å². The van der Waals surface area contributed by atoms with Crippen molar-refractivity contribution in [1.29, 1.82) is 0 Å². The van der Waals surface area contributed by atoms with Crippen molar-refractivity contribution in [2.45, 2.75) is 39.2 Å². The van der Waals surface area contributed by atoms with Gasteiger partial charge in [0.05, 0.1) is 12.7 Å². The van der Waals surface area contributed by atoms with E-state index in [0.29, 0.717) is 84.4 Å². The molecule has 0 radical (unpaired) electrons. The lowest BCUT2D eigenvalue weighted by atomic mass is 10.0. The maximum absolute atomic E-state index is 13.4. The first-order chi connectivity index (χ1) is 20.6. The van der Waals surface area contributed by atoms with Crippen LogP contribution in [0.4, 0.5) is 10.5 Å². The van der Waals surface area contributed by atoms with Crippen molar-refractivity contribution in [2.24, 2.45) is 11.8 Å². The topological polar surface area (TPSA) is 82.6 Å². The highest BCUT2D eigenvalue weighted by atomic mass is 35.5. The fraction of sp³-hybridized carbons (Fsp3) is 0.531. The third kappa shape index (κ3) is 7.39. The molecule has 232 valence electrons. The summed E-state index contributed by atoms with van der Waals surface area (Å²) >= 11 is 12.6. The lowest BCUT2D eigenvalue weighted by Crippen LogP contribution is -2.43. The van der Waals surface area contributed by atoms with Gasteiger partial charge in [-0.2, -0.15) is 0 Å². The fourth-order valence-corrected chi connectivity index (χ4v) is 6.83. The van der Waals surface area contributed by atoms with Crippen molar-refractivity contribution in [3.8, 4) is 5.75 Å². The third-order valence-corrected chi connectivity index (χ3v) is 9.58. The van der Waals surface area contributed by atoms with Crippen molar-refractivity contribution in [3.05, 3.63) is 57.6 Å². The van der Waals surface area contributed by atoms with Crippen LogP contribution < -0.4 is 9.64 Å². The van der Waals surface area contributed by atoms with Crippen molar-refractivity contribution in [2.75, 3.05) is 64.4 Å². The number of benzene rings is 2. The number of fused-ring (bicyclic) bond motifs is 1. The summed E-state index contributed by atoms with van der Waals surface area (Å²) in [4.78, 5) is 46.2. The lowest BCUT2D eigenvalue weighted by Gasteiger charge is -2.32. The predicted octanol–water partition coefficient (Wildman–Crippen LogP) is 5.36. The number of carbonyl (C=O) groups is 3. The minimum atomic E-state index is -0.384. The minimum Gasteiger partial charge on any atom is -0.496 e. The second-order valence-corrected chi connectivity index (χ2v) is 12.7. The van der Waals surface area contributed by atoms with E-state index in [-0.39, 0.29) is 24.0 Å². The quantitative estimate of drug-likeness (QED) is 0.391. The summed E-state index contributed by atoms with van der Waals surface area (Å²) in [5, 5.41) is 1.12. The standard InChI is InChI=1S/C32H40Cl2N4O5/c1-21-5-7-26(16-29(21)34)38(32(41)43-27-9-13-36(14-10-27)22(2)39)12-4-11-35-17-23-19-37(20-24(23)18-35)31(40)28-15-25(33)6-8-30(28)42-3/h5-8,15-16,23-24,27H,4,9-14,17-20H2,1-3H3. The van der Waals surface area contributed by atoms with Crippen molar-refractivity contribution < 1.29 is 23.9 Å². The first-order valence-corrected chi connectivity index (χ1v) is 15.7.